The molecule has 138 valence electrons. The number of benzene rings is 1. The number of aryl methyl sites for hydroxylation is 3. The van der Waals surface area contributed by atoms with E-state index in [1.54, 1.807) is 29.5 Å². The lowest BCUT2D eigenvalue weighted by Crippen LogP contribution is -2.19. The molecule has 27 heavy (non-hydrogen) atoms. The van der Waals surface area contributed by atoms with Crippen molar-refractivity contribution in [1.29, 1.82) is 0 Å². The molecule has 4 rings (SSSR count). The second-order valence-electron chi connectivity index (χ2n) is 6.30. The summed E-state index contributed by atoms with van der Waals surface area (Å²) in [5, 5.41) is 5.33. The lowest BCUT2D eigenvalue weighted by atomic mass is 10.1. The zero-order chi connectivity index (χ0) is 19.1. The fraction of sp³-hybridized carbons (Fsp3) is 0.263. The molecule has 3 heterocycles. The van der Waals surface area contributed by atoms with Crippen molar-refractivity contribution >= 4 is 33.2 Å². The maximum atomic E-state index is 12.4. The summed E-state index contributed by atoms with van der Waals surface area (Å²) in [5.74, 6) is 1.64. The van der Waals surface area contributed by atoms with Gasteiger partial charge in [-0.05, 0) is 51.5 Å². The predicted molar refractivity (Wildman–Crippen MR) is 104 cm³/mol. The van der Waals surface area contributed by atoms with Crippen LogP contribution in [0.5, 0.6) is 11.5 Å². The SMILES string of the molecule is CC(=NNC(=O)c1ccc2c(c1)OCO2)c1sc2nc(C)nc(C)c2c1C. The molecule has 0 bridgehead atoms. The third-order valence-corrected chi connectivity index (χ3v) is 5.67. The minimum absolute atomic E-state index is 0.171. The van der Waals surface area contributed by atoms with Gasteiger partial charge in [0.1, 0.15) is 10.7 Å². The van der Waals surface area contributed by atoms with Crippen molar-refractivity contribution in [2.24, 2.45) is 5.10 Å². The summed E-state index contributed by atoms with van der Waals surface area (Å²) in [5.41, 5.74) is 5.82. The van der Waals surface area contributed by atoms with E-state index in [4.69, 9.17) is 9.47 Å². The molecule has 0 radical (unpaired) electrons. The molecular weight excluding hydrogens is 364 g/mol. The van der Waals surface area contributed by atoms with Crippen molar-refractivity contribution in [1.82, 2.24) is 15.4 Å². The van der Waals surface area contributed by atoms with Crippen molar-refractivity contribution in [3.05, 3.63) is 45.7 Å². The molecule has 0 atom stereocenters. The Labute approximate surface area is 160 Å². The molecule has 8 heteroatoms. The average molecular weight is 382 g/mol. The highest BCUT2D eigenvalue weighted by atomic mass is 32.1. The summed E-state index contributed by atoms with van der Waals surface area (Å²) in [7, 11) is 0. The number of carbonyl (C=O) groups excluding carboxylic acids is 1. The Morgan fingerprint density at radius 1 is 1.19 bits per heavy atom. The van der Waals surface area contributed by atoms with E-state index in [-0.39, 0.29) is 12.7 Å². The molecule has 1 aliphatic heterocycles. The highest BCUT2D eigenvalue weighted by molar-refractivity contribution is 7.20. The van der Waals surface area contributed by atoms with Crippen LogP contribution in [0.15, 0.2) is 23.3 Å². The molecule has 1 aromatic carbocycles. The van der Waals surface area contributed by atoms with Gasteiger partial charge in [0.15, 0.2) is 11.5 Å². The monoisotopic (exact) mass is 382 g/mol. The summed E-state index contributed by atoms with van der Waals surface area (Å²) in [6.45, 7) is 7.93. The van der Waals surface area contributed by atoms with Gasteiger partial charge in [-0.2, -0.15) is 5.10 Å². The molecule has 0 unspecified atom stereocenters. The molecule has 1 aliphatic rings. The number of hydrogen-bond acceptors (Lipinski definition) is 7. The van der Waals surface area contributed by atoms with Crippen LogP contribution in [0.1, 0.15) is 39.2 Å². The Bertz CT molecular complexity index is 1100. The number of thiophene rings is 1. The first-order valence-corrected chi connectivity index (χ1v) is 9.24. The number of rotatable bonds is 3. The van der Waals surface area contributed by atoms with Gasteiger partial charge in [0.25, 0.3) is 5.91 Å². The number of nitrogens with one attached hydrogen (secondary N) is 1. The molecule has 0 saturated carbocycles. The number of hydrogen-bond donors (Lipinski definition) is 1. The largest absolute Gasteiger partial charge is 0.454 e. The van der Waals surface area contributed by atoms with E-state index in [0.29, 0.717) is 17.1 Å². The first kappa shape index (κ1) is 17.4. The second-order valence-corrected chi connectivity index (χ2v) is 7.30. The molecule has 3 aromatic rings. The summed E-state index contributed by atoms with van der Waals surface area (Å²) >= 11 is 1.55. The van der Waals surface area contributed by atoms with Crippen molar-refractivity contribution in [3.8, 4) is 11.5 Å². The minimum atomic E-state index is -0.307. The van der Waals surface area contributed by atoms with Crippen LogP contribution in [-0.4, -0.2) is 28.4 Å². The minimum Gasteiger partial charge on any atom is -0.454 e. The van der Waals surface area contributed by atoms with Gasteiger partial charge in [0, 0.05) is 16.6 Å². The molecule has 0 fully saturated rings. The third-order valence-electron chi connectivity index (χ3n) is 4.37. The van der Waals surface area contributed by atoms with Crippen LogP contribution in [0.2, 0.25) is 0 Å². The van der Waals surface area contributed by atoms with Crippen LogP contribution in [-0.2, 0) is 0 Å². The van der Waals surface area contributed by atoms with Crippen LogP contribution >= 0.6 is 11.3 Å². The van der Waals surface area contributed by atoms with E-state index < -0.39 is 0 Å². The van der Waals surface area contributed by atoms with Crippen LogP contribution in [0.3, 0.4) is 0 Å². The van der Waals surface area contributed by atoms with E-state index in [0.717, 1.165) is 37.9 Å². The van der Waals surface area contributed by atoms with Gasteiger partial charge in [0.05, 0.1) is 10.6 Å². The van der Waals surface area contributed by atoms with Gasteiger partial charge < -0.3 is 9.47 Å². The average Bonchev–Trinajstić information content (AvgIpc) is 3.23. The standard InChI is InChI=1S/C19H18N4O3S/c1-9-16-10(2)20-12(4)21-19(16)27-17(9)11(3)22-23-18(24)13-5-6-14-15(7-13)26-8-25-14/h5-7H,8H2,1-4H3,(H,23,24). The molecule has 2 aromatic heterocycles. The molecule has 0 aliphatic carbocycles. The summed E-state index contributed by atoms with van der Waals surface area (Å²) in [6, 6.07) is 5.04. The molecule has 0 spiro atoms. The topological polar surface area (TPSA) is 85.7 Å². The van der Waals surface area contributed by atoms with Gasteiger partial charge in [-0.1, -0.05) is 0 Å². The van der Waals surface area contributed by atoms with E-state index in [1.807, 2.05) is 27.7 Å². The molecule has 1 amide bonds. The van der Waals surface area contributed by atoms with E-state index in [9.17, 15) is 4.79 Å². The first-order chi connectivity index (χ1) is 12.9. The number of aromatic nitrogens is 2. The Morgan fingerprint density at radius 2 is 1.96 bits per heavy atom. The van der Waals surface area contributed by atoms with E-state index in [2.05, 4.69) is 20.5 Å². The Balaban J connectivity index is 1.59. The molecule has 0 saturated heterocycles. The summed E-state index contributed by atoms with van der Waals surface area (Å²) < 4.78 is 10.6. The molecule has 1 N–H and O–H groups in total. The van der Waals surface area contributed by atoms with Gasteiger partial charge in [-0.15, -0.1) is 11.3 Å². The highest BCUT2D eigenvalue weighted by Gasteiger charge is 2.17. The normalized spacial score (nSPS) is 13.3. The summed E-state index contributed by atoms with van der Waals surface area (Å²) in [4.78, 5) is 23.3. The van der Waals surface area contributed by atoms with E-state index >= 15 is 0 Å². The number of amides is 1. The smallest absolute Gasteiger partial charge is 0.271 e. The van der Waals surface area contributed by atoms with Crippen molar-refractivity contribution in [2.75, 3.05) is 6.79 Å². The zero-order valence-corrected chi connectivity index (χ0v) is 16.2. The quantitative estimate of drug-likeness (QED) is 0.553. The van der Waals surface area contributed by atoms with Crippen molar-refractivity contribution in [3.63, 3.8) is 0 Å². The van der Waals surface area contributed by atoms with Crippen LogP contribution < -0.4 is 14.9 Å². The lowest BCUT2D eigenvalue weighted by molar-refractivity contribution is 0.0954. The van der Waals surface area contributed by atoms with Crippen molar-refractivity contribution < 1.29 is 14.3 Å². The number of nitrogens with zero attached hydrogens (tertiary/aromatic N) is 3. The Kier molecular flexibility index (Phi) is 4.27. The lowest BCUT2D eigenvalue weighted by Gasteiger charge is -2.04. The summed E-state index contributed by atoms with van der Waals surface area (Å²) in [6.07, 6.45) is 0. The maximum absolute atomic E-state index is 12.4. The third kappa shape index (κ3) is 3.12. The van der Waals surface area contributed by atoms with Gasteiger partial charge in [-0.3, -0.25) is 4.79 Å². The highest BCUT2D eigenvalue weighted by Crippen LogP contribution is 2.33. The Hall–Kier alpha value is -3.00. The number of ether oxygens (including phenoxy) is 2. The number of carbonyl (C=O) groups is 1. The van der Waals surface area contributed by atoms with Gasteiger partial charge in [0.2, 0.25) is 6.79 Å². The zero-order valence-electron chi connectivity index (χ0n) is 15.4. The van der Waals surface area contributed by atoms with Crippen LogP contribution in [0, 0.1) is 20.8 Å². The molecular formula is C19H18N4O3S. The second kappa shape index (κ2) is 6.62. The van der Waals surface area contributed by atoms with Crippen LogP contribution in [0.4, 0.5) is 0 Å². The van der Waals surface area contributed by atoms with Crippen LogP contribution in [0.25, 0.3) is 10.2 Å². The Morgan fingerprint density at radius 3 is 2.78 bits per heavy atom. The van der Waals surface area contributed by atoms with Gasteiger partial charge >= 0.3 is 0 Å². The first-order valence-electron chi connectivity index (χ1n) is 8.43. The predicted octanol–water partition coefficient (Wildman–Crippen LogP) is 3.50. The fourth-order valence-electron chi connectivity index (χ4n) is 3.11. The van der Waals surface area contributed by atoms with Crippen molar-refractivity contribution in [2.45, 2.75) is 27.7 Å². The maximum Gasteiger partial charge on any atom is 0.271 e. The molecule has 7 nitrogen and oxygen atoms in total. The van der Waals surface area contributed by atoms with E-state index in [1.165, 1.54) is 0 Å². The number of hydrazone groups is 1. The fourth-order valence-corrected chi connectivity index (χ4v) is 4.33. The number of fused-ring (bicyclic) bond motifs is 2. The van der Waals surface area contributed by atoms with Gasteiger partial charge in [-0.25, -0.2) is 15.4 Å².